The molecular formula is C43H40NO+. The molecule has 0 aliphatic carbocycles. The highest BCUT2D eigenvalue weighted by molar-refractivity contribution is 6.13. The number of furan rings is 1. The normalized spacial score (nSPS) is 11.7. The van der Waals surface area contributed by atoms with Gasteiger partial charge in [0, 0.05) is 28.0 Å². The Kier molecular flexibility index (Phi) is 7.37. The van der Waals surface area contributed by atoms with Crippen molar-refractivity contribution in [3.63, 3.8) is 0 Å². The lowest BCUT2D eigenvalue weighted by molar-refractivity contribution is -0.659. The van der Waals surface area contributed by atoms with Crippen LogP contribution in [0.5, 0.6) is 0 Å². The van der Waals surface area contributed by atoms with Crippen LogP contribution in [0.4, 0.5) is 0 Å². The highest BCUT2D eigenvalue weighted by Gasteiger charge is 2.24. The van der Waals surface area contributed by atoms with E-state index in [1.807, 2.05) is 0 Å². The second kappa shape index (κ2) is 11.5. The summed E-state index contributed by atoms with van der Waals surface area (Å²) >= 11 is 0. The standard InChI is InChI=1S/C43H40NO/c1-27(2)37-24-33(30-14-9-7-10-15-30)25-38(28(3)4)41(37)32-21-23-39(44(6)26-32)40-29(5)20-22-36-35-19-13-18-34(42(35)45-43(36)40)31-16-11-8-12-17-31/h7-28H,1-6H3/q+1. The molecule has 0 spiro atoms. The van der Waals surface area contributed by atoms with Gasteiger partial charge in [0.1, 0.15) is 18.2 Å². The van der Waals surface area contributed by atoms with Crippen LogP contribution in [-0.2, 0) is 7.05 Å². The number of para-hydroxylation sites is 1. The topological polar surface area (TPSA) is 17.0 Å². The second-order valence-corrected chi connectivity index (χ2v) is 12.9. The van der Waals surface area contributed by atoms with E-state index in [9.17, 15) is 0 Å². The van der Waals surface area contributed by atoms with Gasteiger partial charge in [-0.3, -0.25) is 0 Å². The highest BCUT2D eigenvalue weighted by atomic mass is 16.3. The van der Waals surface area contributed by atoms with Crippen molar-refractivity contribution in [1.29, 1.82) is 0 Å². The first-order valence-electron chi connectivity index (χ1n) is 16.1. The number of benzene rings is 5. The van der Waals surface area contributed by atoms with Crippen LogP contribution in [0.25, 0.3) is 66.6 Å². The molecule has 45 heavy (non-hydrogen) atoms. The van der Waals surface area contributed by atoms with Crippen molar-refractivity contribution in [2.45, 2.75) is 46.5 Å². The molecule has 0 unspecified atom stereocenters. The lowest BCUT2D eigenvalue weighted by Gasteiger charge is -2.22. The second-order valence-electron chi connectivity index (χ2n) is 12.9. The summed E-state index contributed by atoms with van der Waals surface area (Å²) in [5, 5.41) is 2.29. The molecule has 2 nitrogen and oxygen atoms in total. The van der Waals surface area contributed by atoms with Crippen molar-refractivity contribution in [3.05, 3.63) is 138 Å². The number of hydrogen-bond acceptors (Lipinski definition) is 1. The first-order chi connectivity index (χ1) is 21.8. The van der Waals surface area contributed by atoms with Crippen LogP contribution in [-0.4, -0.2) is 0 Å². The minimum Gasteiger partial charge on any atom is -0.454 e. The van der Waals surface area contributed by atoms with Crippen LogP contribution in [0.15, 0.2) is 126 Å². The first-order valence-corrected chi connectivity index (χ1v) is 16.1. The van der Waals surface area contributed by atoms with Crippen LogP contribution in [0.1, 0.15) is 56.2 Å². The van der Waals surface area contributed by atoms with E-state index in [4.69, 9.17) is 4.42 Å². The summed E-state index contributed by atoms with van der Waals surface area (Å²) in [6, 6.07) is 41.6. The molecule has 0 saturated heterocycles. The average Bonchev–Trinajstić information content (AvgIpc) is 3.44. The molecule has 0 aliphatic rings. The number of pyridine rings is 1. The molecule has 0 saturated carbocycles. The summed E-state index contributed by atoms with van der Waals surface area (Å²) in [7, 11) is 2.16. The predicted octanol–water partition coefficient (Wildman–Crippen LogP) is 11.6. The summed E-state index contributed by atoms with van der Waals surface area (Å²) < 4.78 is 9.10. The zero-order chi connectivity index (χ0) is 31.2. The number of nitrogens with zero attached hydrogens (tertiary/aromatic N) is 1. The third-order valence-corrected chi connectivity index (χ3v) is 9.19. The van der Waals surface area contributed by atoms with Crippen molar-refractivity contribution in [2.75, 3.05) is 0 Å². The van der Waals surface area contributed by atoms with Crippen molar-refractivity contribution in [2.24, 2.45) is 7.05 Å². The van der Waals surface area contributed by atoms with Gasteiger partial charge >= 0.3 is 0 Å². The molecule has 0 bridgehead atoms. The van der Waals surface area contributed by atoms with Gasteiger partial charge in [0.2, 0.25) is 5.69 Å². The number of aromatic nitrogens is 1. The Morgan fingerprint density at radius 2 is 1.16 bits per heavy atom. The van der Waals surface area contributed by atoms with Crippen LogP contribution in [0, 0.1) is 6.92 Å². The molecule has 2 heteroatoms. The minimum absolute atomic E-state index is 0.386. The Hall–Kier alpha value is -4.95. The maximum absolute atomic E-state index is 6.82. The molecule has 7 aromatic rings. The summed E-state index contributed by atoms with van der Waals surface area (Å²) in [4.78, 5) is 0. The largest absolute Gasteiger partial charge is 0.454 e. The predicted molar refractivity (Wildman–Crippen MR) is 190 cm³/mol. The number of hydrogen-bond donors (Lipinski definition) is 0. The van der Waals surface area contributed by atoms with Gasteiger partial charge in [-0.05, 0) is 63.8 Å². The van der Waals surface area contributed by atoms with Gasteiger partial charge in [-0.25, -0.2) is 4.57 Å². The van der Waals surface area contributed by atoms with Gasteiger partial charge < -0.3 is 4.42 Å². The van der Waals surface area contributed by atoms with E-state index in [1.54, 1.807) is 0 Å². The van der Waals surface area contributed by atoms with E-state index in [0.717, 1.165) is 44.3 Å². The third-order valence-electron chi connectivity index (χ3n) is 9.19. The third kappa shape index (κ3) is 5.05. The lowest BCUT2D eigenvalue weighted by Crippen LogP contribution is -2.31. The summed E-state index contributed by atoms with van der Waals surface area (Å²) in [6.45, 7) is 11.4. The van der Waals surface area contributed by atoms with Crippen molar-refractivity contribution < 1.29 is 8.98 Å². The summed E-state index contributed by atoms with van der Waals surface area (Å²) in [5.41, 5.74) is 15.6. The van der Waals surface area contributed by atoms with E-state index < -0.39 is 0 Å². The smallest absolute Gasteiger partial charge is 0.216 e. The lowest BCUT2D eigenvalue weighted by atomic mass is 9.82. The van der Waals surface area contributed by atoms with Gasteiger partial charge in [-0.2, -0.15) is 0 Å². The maximum Gasteiger partial charge on any atom is 0.216 e. The molecule has 0 aliphatic heterocycles. The SMILES string of the molecule is Cc1ccc2c(oc3c(-c4ccccc4)cccc32)c1-c1ccc(-c2c(C(C)C)cc(-c3ccccc3)cc2C(C)C)c[n+]1C. The Morgan fingerprint density at radius 1 is 0.533 bits per heavy atom. The van der Waals surface area contributed by atoms with Gasteiger partial charge in [0.25, 0.3) is 0 Å². The van der Waals surface area contributed by atoms with Gasteiger partial charge in [0.15, 0.2) is 6.20 Å². The molecule has 222 valence electrons. The molecule has 7 rings (SSSR count). The number of aryl methyl sites for hydroxylation is 2. The number of rotatable bonds is 6. The quantitative estimate of drug-likeness (QED) is 0.177. The van der Waals surface area contributed by atoms with E-state index >= 15 is 0 Å². The van der Waals surface area contributed by atoms with Crippen LogP contribution in [0.3, 0.4) is 0 Å². The molecule has 5 aromatic carbocycles. The Bertz CT molecular complexity index is 2140. The van der Waals surface area contributed by atoms with Crippen LogP contribution < -0.4 is 4.57 Å². The zero-order valence-corrected chi connectivity index (χ0v) is 27.1. The highest BCUT2D eigenvalue weighted by Crippen LogP contribution is 2.42. The molecule has 0 N–H and O–H groups in total. The number of fused-ring (bicyclic) bond motifs is 3. The van der Waals surface area contributed by atoms with Crippen LogP contribution in [0.2, 0.25) is 0 Å². The van der Waals surface area contributed by atoms with Crippen molar-refractivity contribution >= 4 is 21.9 Å². The minimum atomic E-state index is 0.386. The Balaban J connectivity index is 1.40. The first kappa shape index (κ1) is 28.8. The van der Waals surface area contributed by atoms with E-state index in [2.05, 4.69) is 168 Å². The van der Waals surface area contributed by atoms with Gasteiger partial charge in [0.05, 0.1) is 5.56 Å². The van der Waals surface area contributed by atoms with E-state index in [-0.39, 0.29) is 0 Å². The molecule has 0 amide bonds. The fraction of sp³-hybridized carbons (Fsp3) is 0.186. The van der Waals surface area contributed by atoms with E-state index in [1.165, 1.54) is 38.9 Å². The van der Waals surface area contributed by atoms with Crippen molar-refractivity contribution in [3.8, 4) is 44.6 Å². The molecular weight excluding hydrogens is 546 g/mol. The Morgan fingerprint density at radius 3 is 1.78 bits per heavy atom. The molecule has 2 heterocycles. The van der Waals surface area contributed by atoms with E-state index in [0.29, 0.717) is 11.8 Å². The summed E-state index contributed by atoms with van der Waals surface area (Å²) in [5.74, 6) is 0.771. The van der Waals surface area contributed by atoms with Gasteiger partial charge in [-0.15, -0.1) is 0 Å². The maximum atomic E-state index is 6.82. The monoisotopic (exact) mass is 586 g/mol. The molecule has 2 aromatic heterocycles. The molecule has 0 radical (unpaired) electrons. The van der Waals surface area contributed by atoms with Crippen molar-refractivity contribution in [1.82, 2.24) is 0 Å². The van der Waals surface area contributed by atoms with Gasteiger partial charge in [-0.1, -0.05) is 131 Å². The van der Waals surface area contributed by atoms with Crippen LogP contribution >= 0.6 is 0 Å². The zero-order valence-electron chi connectivity index (χ0n) is 27.1. The Labute approximate surface area is 266 Å². The average molecular weight is 587 g/mol. The fourth-order valence-electron chi connectivity index (χ4n) is 6.87. The summed E-state index contributed by atoms with van der Waals surface area (Å²) in [6.07, 6.45) is 2.31. The fourth-order valence-corrected chi connectivity index (χ4v) is 6.87. The molecule has 0 fully saturated rings. The molecule has 0 atom stereocenters.